The van der Waals surface area contributed by atoms with E-state index in [4.69, 9.17) is 4.52 Å². The third-order valence-electron chi connectivity index (χ3n) is 5.03. The Kier molecular flexibility index (Phi) is 4.01. The van der Waals surface area contributed by atoms with Gasteiger partial charge in [0.25, 0.3) is 11.4 Å². The molecule has 0 unspecified atom stereocenters. The fourth-order valence-electron chi connectivity index (χ4n) is 3.66. The van der Waals surface area contributed by atoms with Crippen LogP contribution in [-0.4, -0.2) is 37.8 Å². The summed E-state index contributed by atoms with van der Waals surface area (Å²) in [6, 6.07) is 7.57. The third kappa shape index (κ3) is 2.89. The average Bonchev–Trinajstić information content (AvgIpc) is 3.35. The van der Waals surface area contributed by atoms with E-state index >= 15 is 0 Å². The number of aromatic amines is 1. The van der Waals surface area contributed by atoms with Crippen molar-refractivity contribution in [2.75, 3.05) is 13.1 Å². The molecule has 0 radical (unpaired) electrons. The van der Waals surface area contributed by atoms with Crippen molar-refractivity contribution in [1.82, 2.24) is 30.1 Å². The monoisotopic (exact) mass is 380 g/mol. The average molecular weight is 380 g/mol. The number of nitrogens with zero attached hydrogens (tertiary/aromatic N) is 4. The molecule has 0 amide bonds. The second kappa shape index (κ2) is 6.68. The van der Waals surface area contributed by atoms with Crippen molar-refractivity contribution >= 4 is 5.65 Å². The fraction of sp³-hybridized carbons (Fsp3) is 0.263. The minimum Gasteiger partial charge on any atom is -0.333 e. The lowest BCUT2D eigenvalue weighted by Gasteiger charge is -2.23. The number of fused-ring (bicyclic) bond motifs is 1. The van der Waals surface area contributed by atoms with Gasteiger partial charge in [-0.2, -0.15) is 10.1 Å². The maximum Gasteiger partial charge on any atom is 0.263 e. The predicted octanol–water partition coefficient (Wildman–Crippen LogP) is 2.35. The largest absolute Gasteiger partial charge is 0.333 e. The summed E-state index contributed by atoms with van der Waals surface area (Å²) < 4.78 is 20.6. The molecular weight excluding hydrogens is 363 g/mol. The first-order valence-electron chi connectivity index (χ1n) is 9.11. The number of hydrogen-bond donors (Lipinski definition) is 2. The van der Waals surface area contributed by atoms with Crippen molar-refractivity contribution < 1.29 is 8.91 Å². The summed E-state index contributed by atoms with van der Waals surface area (Å²) in [4.78, 5) is 19.4. The van der Waals surface area contributed by atoms with Crippen LogP contribution in [0, 0.1) is 5.82 Å². The second-order valence-corrected chi connectivity index (χ2v) is 6.83. The molecule has 4 heterocycles. The van der Waals surface area contributed by atoms with Crippen LogP contribution in [0.25, 0.3) is 28.5 Å². The highest BCUT2D eigenvalue weighted by atomic mass is 19.1. The van der Waals surface area contributed by atoms with Crippen LogP contribution in [0.15, 0.2) is 45.8 Å². The molecule has 1 saturated heterocycles. The number of halogens is 1. The molecule has 142 valence electrons. The first-order valence-corrected chi connectivity index (χ1v) is 9.11. The van der Waals surface area contributed by atoms with Crippen molar-refractivity contribution in [3.63, 3.8) is 0 Å². The van der Waals surface area contributed by atoms with Crippen LogP contribution in [0.3, 0.4) is 0 Å². The molecule has 1 aliphatic rings. The van der Waals surface area contributed by atoms with E-state index in [1.807, 2.05) is 0 Å². The Morgan fingerprint density at radius 2 is 2.07 bits per heavy atom. The van der Waals surface area contributed by atoms with E-state index < -0.39 is 0 Å². The summed E-state index contributed by atoms with van der Waals surface area (Å²) in [5, 5.41) is 11.7. The van der Waals surface area contributed by atoms with E-state index in [-0.39, 0.29) is 29.0 Å². The lowest BCUT2D eigenvalue weighted by Crippen LogP contribution is -2.28. The van der Waals surface area contributed by atoms with Gasteiger partial charge in [0, 0.05) is 17.5 Å². The molecule has 0 bridgehead atoms. The van der Waals surface area contributed by atoms with Gasteiger partial charge in [-0.3, -0.25) is 4.79 Å². The number of nitrogens with one attached hydrogen (secondary N) is 2. The Morgan fingerprint density at radius 1 is 1.21 bits per heavy atom. The van der Waals surface area contributed by atoms with E-state index in [0.717, 1.165) is 31.6 Å². The highest BCUT2D eigenvalue weighted by Gasteiger charge is 2.22. The zero-order valence-electron chi connectivity index (χ0n) is 14.9. The van der Waals surface area contributed by atoms with Crippen molar-refractivity contribution in [3.8, 4) is 22.8 Å². The normalized spacial score (nSPS) is 15.3. The van der Waals surface area contributed by atoms with Crippen molar-refractivity contribution in [2.45, 2.75) is 18.8 Å². The minimum atomic E-state index is -0.379. The number of piperidine rings is 1. The summed E-state index contributed by atoms with van der Waals surface area (Å²) in [6.45, 7) is 1.82. The van der Waals surface area contributed by atoms with Crippen LogP contribution in [0.4, 0.5) is 4.39 Å². The summed E-state index contributed by atoms with van der Waals surface area (Å²) in [5.74, 6) is 0.359. The van der Waals surface area contributed by atoms with Gasteiger partial charge in [-0.1, -0.05) is 17.3 Å². The zero-order chi connectivity index (χ0) is 19.1. The quantitative estimate of drug-likeness (QED) is 0.566. The van der Waals surface area contributed by atoms with E-state index in [2.05, 4.69) is 25.5 Å². The molecule has 2 N–H and O–H groups in total. The lowest BCUT2D eigenvalue weighted by atomic mass is 9.94. The molecule has 0 saturated carbocycles. The summed E-state index contributed by atoms with van der Waals surface area (Å²) in [7, 11) is 0. The highest BCUT2D eigenvalue weighted by Crippen LogP contribution is 2.28. The highest BCUT2D eigenvalue weighted by molar-refractivity contribution is 5.72. The van der Waals surface area contributed by atoms with Crippen LogP contribution in [-0.2, 0) is 0 Å². The van der Waals surface area contributed by atoms with Crippen molar-refractivity contribution in [3.05, 3.63) is 58.4 Å². The SMILES string of the molecule is O=c1cc(C2CCNCC2)n2ncc(-c3nc(-c4cccc(F)c4)no3)c2[nH]1. The molecule has 1 fully saturated rings. The molecule has 1 aliphatic heterocycles. The molecule has 8 nitrogen and oxygen atoms in total. The Bertz CT molecular complexity index is 1200. The van der Waals surface area contributed by atoms with E-state index in [0.29, 0.717) is 16.8 Å². The van der Waals surface area contributed by atoms with Gasteiger partial charge in [0.15, 0.2) is 0 Å². The van der Waals surface area contributed by atoms with E-state index in [1.54, 1.807) is 28.9 Å². The van der Waals surface area contributed by atoms with Gasteiger partial charge in [-0.25, -0.2) is 8.91 Å². The molecule has 4 aromatic rings. The van der Waals surface area contributed by atoms with Crippen LogP contribution >= 0.6 is 0 Å². The zero-order valence-corrected chi connectivity index (χ0v) is 14.9. The first kappa shape index (κ1) is 16.8. The maximum atomic E-state index is 13.5. The predicted molar refractivity (Wildman–Crippen MR) is 99.3 cm³/mol. The lowest BCUT2D eigenvalue weighted by molar-refractivity contribution is 0.432. The topological polar surface area (TPSA) is 101 Å². The van der Waals surface area contributed by atoms with Gasteiger partial charge in [0.1, 0.15) is 17.0 Å². The van der Waals surface area contributed by atoms with Crippen LogP contribution < -0.4 is 10.9 Å². The maximum absolute atomic E-state index is 13.5. The van der Waals surface area contributed by atoms with Gasteiger partial charge in [0.05, 0.1) is 11.9 Å². The van der Waals surface area contributed by atoms with Crippen LogP contribution in [0.5, 0.6) is 0 Å². The van der Waals surface area contributed by atoms with Crippen LogP contribution in [0.2, 0.25) is 0 Å². The molecule has 0 spiro atoms. The van der Waals surface area contributed by atoms with Gasteiger partial charge < -0.3 is 14.8 Å². The van der Waals surface area contributed by atoms with Gasteiger partial charge in [0.2, 0.25) is 5.82 Å². The fourth-order valence-corrected chi connectivity index (χ4v) is 3.66. The van der Waals surface area contributed by atoms with Crippen molar-refractivity contribution in [1.29, 1.82) is 0 Å². The third-order valence-corrected chi connectivity index (χ3v) is 5.03. The van der Waals surface area contributed by atoms with Crippen molar-refractivity contribution in [2.24, 2.45) is 0 Å². The Hall–Kier alpha value is -3.33. The number of hydrogen-bond acceptors (Lipinski definition) is 6. The summed E-state index contributed by atoms with van der Waals surface area (Å²) in [5.41, 5.74) is 2.22. The molecule has 1 aromatic carbocycles. The van der Waals surface area contributed by atoms with E-state index in [1.165, 1.54) is 12.1 Å². The minimum absolute atomic E-state index is 0.201. The number of H-pyrrole nitrogens is 1. The van der Waals surface area contributed by atoms with Gasteiger partial charge in [-0.15, -0.1) is 0 Å². The summed E-state index contributed by atoms with van der Waals surface area (Å²) >= 11 is 0. The molecule has 5 rings (SSSR count). The van der Waals surface area contributed by atoms with Gasteiger partial charge >= 0.3 is 0 Å². The number of aromatic nitrogens is 5. The number of rotatable bonds is 3. The van der Waals surface area contributed by atoms with Crippen LogP contribution in [0.1, 0.15) is 24.5 Å². The standard InChI is InChI=1S/C19H17FN6O2/c20-13-3-1-2-12(8-13)17-24-19(28-25-17)14-10-22-26-15(9-16(27)23-18(14)26)11-4-6-21-7-5-11/h1-3,8-11,21H,4-7H2,(H,23,27). The first-order chi connectivity index (χ1) is 13.7. The summed E-state index contributed by atoms with van der Waals surface area (Å²) in [6.07, 6.45) is 3.48. The molecule has 9 heteroatoms. The number of benzene rings is 1. The molecule has 0 aliphatic carbocycles. The molecular formula is C19H17FN6O2. The molecule has 28 heavy (non-hydrogen) atoms. The molecule has 0 atom stereocenters. The van der Waals surface area contributed by atoms with E-state index in [9.17, 15) is 9.18 Å². The second-order valence-electron chi connectivity index (χ2n) is 6.83. The Balaban J connectivity index is 1.59. The Morgan fingerprint density at radius 3 is 2.89 bits per heavy atom. The Labute approximate surface area is 158 Å². The smallest absolute Gasteiger partial charge is 0.263 e. The van der Waals surface area contributed by atoms with Gasteiger partial charge in [-0.05, 0) is 38.1 Å². The molecule has 3 aromatic heterocycles.